The Kier molecular flexibility index (Phi) is 1.45. The Morgan fingerprint density at radius 3 is 2.76 bits per heavy atom. The van der Waals surface area contributed by atoms with Crippen molar-refractivity contribution in [1.29, 1.82) is 0 Å². The largest absolute Gasteiger partial charge is 0.274 e. The predicted octanol–water partition coefficient (Wildman–Crippen LogP) is 2.44. The molecule has 0 amide bonds. The topological polar surface area (TPSA) is 34.4 Å². The number of benzene rings is 1. The molecule has 17 heavy (non-hydrogen) atoms. The quantitative estimate of drug-likeness (QED) is 0.456. The zero-order valence-corrected chi connectivity index (χ0v) is 8.92. The maximum absolute atomic E-state index is 12.0. The number of hydrogen-bond acceptors (Lipinski definition) is 2. The monoisotopic (exact) mass is 220 g/mol. The van der Waals surface area contributed by atoms with Crippen LogP contribution in [0.15, 0.2) is 53.5 Å². The lowest BCUT2D eigenvalue weighted by molar-refractivity contribution is 1.17. The highest BCUT2D eigenvalue weighted by Gasteiger charge is 2.11. The lowest BCUT2D eigenvalue weighted by Crippen LogP contribution is -2.10. The van der Waals surface area contributed by atoms with Gasteiger partial charge < -0.3 is 0 Å². The Hall–Kier alpha value is -2.42. The van der Waals surface area contributed by atoms with E-state index in [-0.39, 0.29) is 5.56 Å². The highest BCUT2D eigenvalue weighted by Crippen LogP contribution is 2.28. The fourth-order valence-electron chi connectivity index (χ4n) is 2.51. The molecule has 0 aliphatic carbocycles. The molecule has 0 spiro atoms. The summed E-state index contributed by atoms with van der Waals surface area (Å²) in [6.45, 7) is 0. The Balaban J connectivity index is 2.57. The van der Waals surface area contributed by atoms with Gasteiger partial charge in [-0.15, -0.1) is 0 Å². The molecule has 3 heterocycles. The summed E-state index contributed by atoms with van der Waals surface area (Å²) in [5, 5.41) is 2.19. The average molecular weight is 220 g/mol. The molecule has 0 atom stereocenters. The van der Waals surface area contributed by atoms with E-state index in [9.17, 15) is 4.79 Å². The molecule has 0 saturated carbocycles. The molecular formula is C14H8N2O. The molecule has 0 aliphatic heterocycles. The number of rotatable bonds is 0. The molecule has 0 aliphatic rings. The van der Waals surface area contributed by atoms with Gasteiger partial charge in [0.05, 0.1) is 16.6 Å². The minimum absolute atomic E-state index is 0.00306. The molecule has 3 aromatic heterocycles. The summed E-state index contributed by atoms with van der Waals surface area (Å²) in [4.78, 5) is 16.3. The lowest BCUT2D eigenvalue weighted by Gasteiger charge is -1.97. The Morgan fingerprint density at radius 2 is 1.82 bits per heavy atom. The molecular weight excluding hydrogens is 212 g/mol. The van der Waals surface area contributed by atoms with Gasteiger partial charge in [0.2, 0.25) is 0 Å². The molecule has 3 nitrogen and oxygen atoms in total. The van der Waals surface area contributed by atoms with Crippen molar-refractivity contribution in [2.24, 2.45) is 0 Å². The number of para-hydroxylation sites is 1. The maximum atomic E-state index is 12.0. The summed E-state index contributed by atoms with van der Waals surface area (Å²) >= 11 is 0. The van der Waals surface area contributed by atoms with Crippen molar-refractivity contribution in [3.05, 3.63) is 59.0 Å². The van der Waals surface area contributed by atoms with Gasteiger partial charge in [0, 0.05) is 23.0 Å². The SMILES string of the molecule is O=c1ccc2nccc3c4ccccc4n1c23. The fraction of sp³-hybridized carbons (Fsp3) is 0. The maximum Gasteiger partial charge on any atom is 0.255 e. The number of aromatic nitrogens is 2. The van der Waals surface area contributed by atoms with Crippen LogP contribution in [0, 0.1) is 0 Å². The molecule has 0 radical (unpaired) electrons. The highest BCUT2D eigenvalue weighted by molar-refractivity contribution is 6.12. The average Bonchev–Trinajstić information content (AvgIpc) is 2.71. The number of pyridine rings is 2. The Bertz CT molecular complexity index is 908. The van der Waals surface area contributed by atoms with Gasteiger partial charge in [-0.25, -0.2) is 0 Å². The van der Waals surface area contributed by atoms with Gasteiger partial charge in [-0.2, -0.15) is 0 Å². The van der Waals surface area contributed by atoms with Gasteiger partial charge in [0.25, 0.3) is 5.56 Å². The van der Waals surface area contributed by atoms with E-state index < -0.39 is 0 Å². The van der Waals surface area contributed by atoms with E-state index in [1.165, 1.54) is 0 Å². The van der Waals surface area contributed by atoms with Gasteiger partial charge in [-0.05, 0) is 18.2 Å². The number of hydrogen-bond donors (Lipinski definition) is 0. The van der Waals surface area contributed by atoms with E-state index in [4.69, 9.17) is 0 Å². The van der Waals surface area contributed by atoms with Crippen LogP contribution in [-0.4, -0.2) is 9.38 Å². The normalized spacial score (nSPS) is 11.8. The van der Waals surface area contributed by atoms with Crippen LogP contribution in [0.5, 0.6) is 0 Å². The first-order chi connectivity index (χ1) is 8.36. The Morgan fingerprint density at radius 1 is 0.941 bits per heavy atom. The van der Waals surface area contributed by atoms with Crippen LogP contribution in [0.2, 0.25) is 0 Å². The van der Waals surface area contributed by atoms with Crippen molar-refractivity contribution in [1.82, 2.24) is 9.38 Å². The minimum atomic E-state index is -0.00306. The molecule has 80 valence electrons. The van der Waals surface area contributed by atoms with Gasteiger partial charge in [-0.1, -0.05) is 18.2 Å². The second-order valence-corrected chi connectivity index (χ2v) is 4.12. The third-order valence-corrected chi connectivity index (χ3v) is 3.22. The second kappa shape index (κ2) is 2.83. The van der Waals surface area contributed by atoms with Crippen LogP contribution in [0.4, 0.5) is 0 Å². The van der Waals surface area contributed by atoms with Crippen LogP contribution >= 0.6 is 0 Å². The summed E-state index contributed by atoms with van der Waals surface area (Å²) in [7, 11) is 0. The van der Waals surface area contributed by atoms with Gasteiger partial charge in [0.15, 0.2) is 0 Å². The first-order valence-corrected chi connectivity index (χ1v) is 5.47. The van der Waals surface area contributed by atoms with Crippen molar-refractivity contribution >= 4 is 27.3 Å². The molecule has 3 heteroatoms. The van der Waals surface area contributed by atoms with E-state index in [0.717, 1.165) is 27.3 Å². The zero-order chi connectivity index (χ0) is 11.4. The molecule has 4 aromatic rings. The van der Waals surface area contributed by atoms with E-state index >= 15 is 0 Å². The van der Waals surface area contributed by atoms with E-state index in [1.807, 2.05) is 30.3 Å². The van der Waals surface area contributed by atoms with Crippen LogP contribution in [0.1, 0.15) is 0 Å². The van der Waals surface area contributed by atoms with Gasteiger partial charge in [0.1, 0.15) is 0 Å². The third kappa shape index (κ3) is 0.959. The van der Waals surface area contributed by atoms with Crippen LogP contribution in [-0.2, 0) is 0 Å². The predicted molar refractivity (Wildman–Crippen MR) is 67.7 cm³/mol. The van der Waals surface area contributed by atoms with E-state index in [0.29, 0.717) is 0 Å². The first-order valence-electron chi connectivity index (χ1n) is 5.47. The molecule has 0 fully saturated rings. The molecule has 0 unspecified atom stereocenters. The van der Waals surface area contributed by atoms with Crippen LogP contribution < -0.4 is 5.56 Å². The second-order valence-electron chi connectivity index (χ2n) is 4.12. The van der Waals surface area contributed by atoms with Crippen molar-refractivity contribution in [3.63, 3.8) is 0 Å². The summed E-state index contributed by atoms with van der Waals surface area (Å²) in [5.74, 6) is 0. The standard InChI is InChI=1S/C14H8N2O/c17-13-6-5-11-14-10(7-8-15-11)9-3-1-2-4-12(9)16(13)14/h1-8H. The lowest BCUT2D eigenvalue weighted by atomic mass is 10.2. The van der Waals surface area contributed by atoms with Gasteiger partial charge in [-0.3, -0.25) is 14.2 Å². The van der Waals surface area contributed by atoms with Crippen LogP contribution in [0.3, 0.4) is 0 Å². The highest BCUT2D eigenvalue weighted by atomic mass is 16.1. The molecule has 0 saturated heterocycles. The minimum Gasteiger partial charge on any atom is -0.274 e. The number of fused-ring (bicyclic) bond motifs is 3. The zero-order valence-electron chi connectivity index (χ0n) is 8.92. The Labute approximate surface area is 96.3 Å². The molecule has 4 rings (SSSR count). The summed E-state index contributed by atoms with van der Waals surface area (Å²) < 4.78 is 1.74. The van der Waals surface area contributed by atoms with Crippen LogP contribution in [0.25, 0.3) is 27.3 Å². The number of nitrogens with zero attached hydrogens (tertiary/aromatic N) is 2. The third-order valence-electron chi connectivity index (χ3n) is 3.22. The fourth-order valence-corrected chi connectivity index (χ4v) is 2.51. The molecule has 1 aromatic carbocycles. The van der Waals surface area contributed by atoms with Crippen molar-refractivity contribution in [2.75, 3.05) is 0 Å². The van der Waals surface area contributed by atoms with E-state index in [2.05, 4.69) is 4.98 Å². The van der Waals surface area contributed by atoms with Gasteiger partial charge >= 0.3 is 0 Å². The van der Waals surface area contributed by atoms with Crippen molar-refractivity contribution < 1.29 is 0 Å². The summed E-state index contributed by atoms with van der Waals surface area (Å²) in [5.41, 5.74) is 2.72. The van der Waals surface area contributed by atoms with E-state index in [1.54, 1.807) is 22.7 Å². The first kappa shape index (κ1) is 8.70. The van der Waals surface area contributed by atoms with Crippen molar-refractivity contribution in [2.45, 2.75) is 0 Å². The molecule has 0 N–H and O–H groups in total. The smallest absolute Gasteiger partial charge is 0.255 e. The summed E-state index contributed by atoms with van der Waals surface area (Å²) in [6, 6.07) is 13.3. The molecule has 0 bridgehead atoms. The van der Waals surface area contributed by atoms with Crippen molar-refractivity contribution in [3.8, 4) is 0 Å². The summed E-state index contributed by atoms with van der Waals surface area (Å²) in [6.07, 6.45) is 1.79.